The van der Waals surface area contributed by atoms with Gasteiger partial charge in [-0.25, -0.2) is 0 Å². The van der Waals surface area contributed by atoms with Crippen LogP contribution in [0.1, 0.15) is 24.2 Å². The molecule has 1 aliphatic heterocycles. The van der Waals surface area contributed by atoms with E-state index in [1.54, 1.807) is 4.68 Å². The molecule has 2 rings (SSSR count). The van der Waals surface area contributed by atoms with Crippen LogP contribution in [-0.4, -0.2) is 27.1 Å². The number of nitrogens with zero attached hydrogens (tertiary/aromatic N) is 3. The first-order chi connectivity index (χ1) is 7.09. The van der Waals surface area contributed by atoms with Crippen molar-refractivity contribution in [2.75, 3.05) is 12.3 Å². The SMILES string of the molecule is Cc1c(N)c(CN2CCCC2=O)nn1C. The number of hydrogen-bond donors (Lipinski definition) is 1. The Labute approximate surface area is 88.8 Å². The predicted octanol–water partition coefficient (Wildman–Crippen LogP) is 0.433. The number of anilines is 1. The van der Waals surface area contributed by atoms with Crippen LogP contribution in [-0.2, 0) is 18.4 Å². The van der Waals surface area contributed by atoms with Gasteiger partial charge in [0.1, 0.15) is 5.69 Å². The monoisotopic (exact) mass is 208 g/mol. The number of likely N-dealkylation sites (tertiary alicyclic amines) is 1. The van der Waals surface area contributed by atoms with Crippen LogP contribution in [0.3, 0.4) is 0 Å². The Morgan fingerprint density at radius 2 is 2.27 bits per heavy atom. The fraction of sp³-hybridized carbons (Fsp3) is 0.600. The third-order valence-electron chi connectivity index (χ3n) is 2.97. The van der Waals surface area contributed by atoms with Crippen LogP contribution in [0.15, 0.2) is 0 Å². The Morgan fingerprint density at radius 3 is 2.73 bits per heavy atom. The van der Waals surface area contributed by atoms with Crippen molar-refractivity contribution >= 4 is 11.6 Å². The van der Waals surface area contributed by atoms with Crippen molar-refractivity contribution in [2.45, 2.75) is 26.3 Å². The Kier molecular flexibility index (Phi) is 2.38. The number of aryl methyl sites for hydroxylation is 1. The summed E-state index contributed by atoms with van der Waals surface area (Å²) in [4.78, 5) is 13.2. The molecular weight excluding hydrogens is 192 g/mol. The lowest BCUT2D eigenvalue weighted by Crippen LogP contribution is -2.24. The van der Waals surface area contributed by atoms with Crippen molar-refractivity contribution in [3.63, 3.8) is 0 Å². The molecule has 1 aromatic heterocycles. The quantitative estimate of drug-likeness (QED) is 0.766. The second-order valence-electron chi connectivity index (χ2n) is 3.99. The summed E-state index contributed by atoms with van der Waals surface area (Å²) in [5, 5.41) is 4.31. The highest BCUT2D eigenvalue weighted by atomic mass is 16.2. The van der Waals surface area contributed by atoms with E-state index < -0.39 is 0 Å². The van der Waals surface area contributed by atoms with E-state index in [2.05, 4.69) is 5.10 Å². The topological polar surface area (TPSA) is 64.2 Å². The molecule has 0 saturated carbocycles. The first kappa shape index (κ1) is 10.0. The summed E-state index contributed by atoms with van der Waals surface area (Å²) in [5.41, 5.74) is 8.38. The molecule has 5 nitrogen and oxygen atoms in total. The molecule has 0 radical (unpaired) electrons. The van der Waals surface area contributed by atoms with Gasteiger partial charge in [0.25, 0.3) is 0 Å². The summed E-state index contributed by atoms with van der Waals surface area (Å²) >= 11 is 0. The molecule has 0 aliphatic carbocycles. The maximum Gasteiger partial charge on any atom is 0.222 e. The van der Waals surface area contributed by atoms with E-state index in [1.165, 1.54) is 0 Å². The molecule has 82 valence electrons. The fourth-order valence-corrected chi connectivity index (χ4v) is 1.86. The van der Waals surface area contributed by atoms with Gasteiger partial charge < -0.3 is 10.6 Å². The molecule has 1 amide bonds. The second kappa shape index (κ2) is 3.56. The molecule has 1 fully saturated rings. The average Bonchev–Trinajstić information content (AvgIpc) is 2.69. The number of carbonyl (C=O) groups excluding carboxylic acids is 1. The second-order valence-corrected chi connectivity index (χ2v) is 3.99. The Hall–Kier alpha value is -1.52. The highest BCUT2D eigenvalue weighted by Crippen LogP contribution is 2.19. The normalized spacial score (nSPS) is 16.4. The molecule has 0 atom stereocenters. The van der Waals surface area contributed by atoms with Gasteiger partial charge in [-0.2, -0.15) is 5.10 Å². The van der Waals surface area contributed by atoms with Gasteiger partial charge in [0.05, 0.1) is 17.9 Å². The van der Waals surface area contributed by atoms with E-state index in [1.807, 2.05) is 18.9 Å². The molecule has 2 heterocycles. The summed E-state index contributed by atoms with van der Waals surface area (Å²) in [6, 6.07) is 0. The predicted molar refractivity (Wildman–Crippen MR) is 57.0 cm³/mol. The standard InChI is InChI=1S/C10H16N4O/c1-7-10(11)8(12-13(7)2)6-14-5-3-4-9(14)15/h3-6,11H2,1-2H3. The van der Waals surface area contributed by atoms with Crippen LogP contribution in [0.4, 0.5) is 5.69 Å². The summed E-state index contributed by atoms with van der Waals surface area (Å²) in [5.74, 6) is 0.206. The smallest absolute Gasteiger partial charge is 0.222 e. The molecule has 0 spiro atoms. The zero-order valence-electron chi connectivity index (χ0n) is 9.16. The molecule has 1 aromatic rings. The molecule has 2 N–H and O–H groups in total. The highest BCUT2D eigenvalue weighted by molar-refractivity contribution is 5.78. The van der Waals surface area contributed by atoms with Crippen molar-refractivity contribution in [3.8, 4) is 0 Å². The maximum absolute atomic E-state index is 11.4. The average molecular weight is 208 g/mol. The lowest BCUT2D eigenvalue weighted by molar-refractivity contribution is -0.128. The van der Waals surface area contributed by atoms with E-state index in [-0.39, 0.29) is 5.91 Å². The third-order valence-corrected chi connectivity index (χ3v) is 2.97. The third kappa shape index (κ3) is 1.69. The Bertz CT molecular complexity index is 396. The van der Waals surface area contributed by atoms with Crippen LogP contribution >= 0.6 is 0 Å². The van der Waals surface area contributed by atoms with Crippen LogP contribution < -0.4 is 5.73 Å². The summed E-state index contributed by atoms with van der Waals surface area (Å²) < 4.78 is 1.76. The first-order valence-corrected chi connectivity index (χ1v) is 5.15. The zero-order chi connectivity index (χ0) is 11.0. The highest BCUT2D eigenvalue weighted by Gasteiger charge is 2.22. The lowest BCUT2D eigenvalue weighted by Gasteiger charge is -2.13. The number of rotatable bonds is 2. The number of nitrogen functional groups attached to an aromatic ring is 1. The van der Waals surface area contributed by atoms with E-state index in [0.717, 1.165) is 24.4 Å². The minimum atomic E-state index is 0.206. The molecule has 0 bridgehead atoms. The number of hydrogen-bond acceptors (Lipinski definition) is 3. The first-order valence-electron chi connectivity index (χ1n) is 5.15. The van der Waals surface area contributed by atoms with Crippen molar-refractivity contribution in [1.82, 2.24) is 14.7 Å². The molecule has 5 heteroatoms. The number of aromatic nitrogens is 2. The van der Waals surface area contributed by atoms with Gasteiger partial charge in [0.2, 0.25) is 5.91 Å². The Balaban J connectivity index is 2.17. The van der Waals surface area contributed by atoms with Crippen LogP contribution in [0.5, 0.6) is 0 Å². The molecule has 15 heavy (non-hydrogen) atoms. The minimum Gasteiger partial charge on any atom is -0.396 e. The minimum absolute atomic E-state index is 0.206. The number of nitrogens with two attached hydrogens (primary N) is 1. The van der Waals surface area contributed by atoms with E-state index in [0.29, 0.717) is 18.7 Å². The molecular formula is C10H16N4O. The van der Waals surface area contributed by atoms with Gasteiger partial charge in [0.15, 0.2) is 0 Å². The van der Waals surface area contributed by atoms with Crippen molar-refractivity contribution < 1.29 is 4.79 Å². The number of amides is 1. The van der Waals surface area contributed by atoms with Crippen molar-refractivity contribution in [1.29, 1.82) is 0 Å². The van der Waals surface area contributed by atoms with E-state index in [9.17, 15) is 4.79 Å². The maximum atomic E-state index is 11.4. The van der Waals surface area contributed by atoms with E-state index in [4.69, 9.17) is 5.73 Å². The van der Waals surface area contributed by atoms with Gasteiger partial charge in [-0.05, 0) is 13.3 Å². The summed E-state index contributed by atoms with van der Waals surface area (Å²) in [6.07, 6.45) is 1.61. The lowest BCUT2D eigenvalue weighted by atomic mass is 10.3. The van der Waals surface area contributed by atoms with Crippen LogP contribution in [0.2, 0.25) is 0 Å². The molecule has 0 unspecified atom stereocenters. The fourth-order valence-electron chi connectivity index (χ4n) is 1.86. The molecule has 1 saturated heterocycles. The van der Waals surface area contributed by atoms with Gasteiger partial charge >= 0.3 is 0 Å². The zero-order valence-corrected chi connectivity index (χ0v) is 9.16. The van der Waals surface area contributed by atoms with Crippen LogP contribution in [0, 0.1) is 6.92 Å². The van der Waals surface area contributed by atoms with Crippen molar-refractivity contribution in [2.24, 2.45) is 7.05 Å². The Morgan fingerprint density at radius 1 is 1.53 bits per heavy atom. The largest absolute Gasteiger partial charge is 0.396 e. The van der Waals surface area contributed by atoms with Gasteiger partial charge in [-0.1, -0.05) is 0 Å². The summed E-state index contributed by atoms with van der Waals surface area (Å²) in [7, 11) is 1.86. The van der Waals surface area contributed by atoms with Crippen molar-refractivity contribution in [3.05, 3.63) is 11.4 Å². The van der Waals surface area contributed by atoms with Gasteiger partial charge in [-0.15, -0.1) is 0 Å². The van der Waals surface area contributed by atoms with E-state index >= 15 is 0 Å². The van der Waals surface area contributed by atoms with Gasteiger partial charge in [0, 0.05) is 20.0 Å². The molecule has 1 aliphatic rings. The van der Waals surface area contributed by atoms with Gasteiger partial charge in [-0.3, -0.25) is 9.48 Å². The van der Waals surface area contributed by atoms with Crippen LogP contribution in [0.25, 0.3) is 0 Å². The number of carbonyl (C=O) groups is 1. The summed E-state index contributed by atoms with van der Waals surface area (Å²) in [6.45, 7) is 3.30. The molecule has 0 aromatic carbocycles.